The van der Waals surface area contributed by atoms with Crippen LogP contribution in [0.2, 0.25) is 0 Å². The number of nitrogens with zero attached hydrogens (tertiary/aromatic N) is 6. The number of rotatable bonds is 9. The predicted molar refractivity (Wildman–Crippen MR) is 178 cm³/mol. The molecule has 0 unspecified atom stereocenters. The van der Waals surface area contributed by atoms with Crippen molar-refractivity contribution in [2.45, 2.75) is 44.2 Å². The molecule has 4 aromatic rings. The summed E-state index contributed by atoms with van der Waals surface area (Å²) < 4.78 is 3.51. The summed E-state index contributed by atoms with van der Waals surface area (Å²) in [5.41, 5.74) is 4.25. The molecule has 2 atom stereocenters. The first-order valence-corrected chi connectivity index (χ1v) is 15.8. The zero-order chi connectivity index (χ0) is 32.9. The van der Waals surface area contributed by atoms with Crippen molar-refractivity contribution in [3.05, 3.63) is 96.1 Å². The molecular formula is C35H38N8O4. The summed E-state index contributed by atoms with van der Waals surface area (Å²) in [7, 11) is 3.66. The lowest BCUT2D eigenvalue weighted by molar-refractivity contribution is -0.136. The molecule has 2 aliphatic heterocycles. The van der Waals surface area contributed by atoms with Crippen molar-refractivity contribution in [1.82, 2.24) is 28.9 Å². The molecule has 0 aliphatic carbocycles. The fourth-order valence-corrected chi connectivity index (χ4v) is 6.10. The lowest BCUT2D eigenvalue weighted by Crippen LogP contribution is -2.43. The maximum Gasteiger partial charge on any atom is 0.274 e. The van der Waals surface area contributed by atoms with Crippen LogP contribution in [0, 0.1) is 0 Å². The van der Waals surface area contributed by atoms with Crippen LogP contribution in [0.1, 0.15) is 53.0 Å². The van der Waals surface area contributed by atoms with E-state index in [4.69, 9.17) is 0 Å². The Kier molecular flexibility index (Phi) is 9.28. The molecule has 2 aromatic heterocycles. The molecule has 0 spiro atoms. The second-order valence-electron chi connectivity index (χ2n) is 12.1. The minimum absolute atomic E-state index is 0.0919. The molecule has 47 heavy (non-hydrogen) atoms. The fourth-order valence-electron chi connectivity index (χ4n) is 6.10. The van der Waals surface area contributed by atoms with E-state index in [0.29, 0.717) is 48.7 Å². The zero-order valence-corrected chi connectivity index (χ0v) is 26.5. The zero-order valence-electron chi connectivity index (χ0n) is 26.5. The summed E-state index contributed by atoms with van der Waals surface area (Å²) in [4.78, 5) is 63.5. The smallest absolute Gasteiger partial charge is 0.274 e. The number of aryl methyl sites for hydroxylation is 2. The van der Waals surface area contributed by atoms with Crippen LogP contribution < -0.4 is 10.6 Å². The number of benzene rings is 2. The molecule has 2 saturated heterocycles. The van der Waals surface area contributed by atoms with E-state index < -0.39 is 12.1 Å². The van der Waals surface area contributed by atoms with Crippen molar-refractivity contribution in [2.75, 3.05) is 23.7 Å². The summed E-state index contributed by atoms with van der Waals surface area (Å²) >= 11 is 0. The van der Waals surface area contributed by atoms with Crippen molar-refractivity contribution in [1.29, 1.82) is 0 Å². The lowest BCUT2D eigenvalue weighted by Gasteiger charge is -2.23. The molecule has 4 heterocycles. The molecule has 2 fully saturated rings. The van der Waals surface area contributed by atoms with Crippen LogP contribution in [0.15, 0.2) is 73.6 Å². The van der Waals surface area contributed by atoms with E-state index >= 15 is 0 Å². The Bertz CT molecular complexity index is 1790. The molecule has 0 bridgehead atoms. The van der Waals surface area contributed by atoms with Crippen molar-refractivity contribution in [2.24, 2.45) is 14.1 Å². The Morgan fingerprint density at radius 2 is 1.23 bits per heavy atom. The molecule has 2 aromatic carbocycles. The van der Waals surface area contributed by atoms with Crippen LogP contribution in [-0.4, -0.2) is 77.7 Å². The van der Waals surface area contributed by atoms with Gasteiger partial charge in [-0.2, -0.15) is 0 Å². The average Bonchev–Trinajstić information content (AvgIpc) is 3.89. The van der Waals surface area contributed by atoms with E-state index in [1.807, 2.05) is 73.9 Å². The number of hydrogen-bond acceptors (Lipinski definition) is 6. The minimum atomic E-state index is -0.534. The Morgan fingerprint density at radius 3 is 1.74 bits per heavy atom. The first kappa shape index (κ1) is 31.5. The Labute approximate surface area is 273 Å². The van der Waals surface area contributed by atoms with Crippen molar-refractivity contribution in [3.8, 4) is 0 Å². The van der Waals surface area contributed by atoms with Gasteiger partial charge in [0.2, 0.25) is 17.7 Å². The van der Waals surface area contributed by atoms with Gasteiger partial charge in [0.25, 0.3) is 5.91 Å². The third kappa shape index (κ3) is 7.49. The minimum Gasteiger partial charge on any atom is -0.340 e. The molecule has 0 saturated carbocycles. The number of anilines is 2. The number of imidazole rings is 2. The summed E-state index contributed by atoms with van der Waals surface area (Å²) in [6.45, 7) is 1.09. The van der Waals surface area contributed by atoms with E-state index in [0.717, 1.165) is 24.0 Å². The molecule has 0 radical (unpaired) electrons. The van der Waals surface area contributed by atoms with E-state index in [-0.39, 0.29) is 30.0 Å². The highest BCUT2D eigenvalue weighted by Gasteiger charge is 2.36. The SMILES string of the molecule is Cn1cnc(CC(=O)N2CCC[C@H]2C(=O)Nc2ccc(/C=C/c3ccc(NC(=O)[C@@H]4CCCN4C(=O)c4cn(C)cn4)cc3)cc2)c1. The number of aromatic nitrogens is 4. The van der Waals surface area contributed by atoms with E-state index in [9.17, 15) is 19.2 Å². The Balaban J connectivity index is 0.996. The van der Waals surface area contributed by atoms with Gasteiger partial charge in [-0.1, -0.05) is 36.4 Å². The maximum atomic E-state index is 13.1. The number of hydrogen-bond donors (Lipinski definition) is 2. The van der Waals surface area contributed by atoms with Gasteiger partial charge in [0.15, 0.2) is 0 Å². The van der Waals surface area contributed by atoms with Crippen LogP contribution in [-0.2, 0) is 34.9 Å². The van der Waals surface area contributed by atoms with Crippen molar-refractivity contribution in [3.63, 3.8) is 0 Å². The van der Waals surface area contributed by atoms with E-state index in [1.54, 1.807) is 44.8 Å². The van der Waals surface area contributed by atoms with Crippen LogP contribution in [0.3, 0.4) is 0 Å². The number of amides is 4. The van der Waals surface area contributed by atoms with Gasteiger partial charge in [-0.25, -0.2) is 9.97 Å². The van der Waals surface area contributed by atoms with Crippen LogP contribution in [0.5, 0.6) is 0 Å². The average molecular weight is 635 g/mol. The summed E-state index contributed by atoms with van der Waals surface area (Å²) in [5.74, 6) is -0.721. The molecule has 12 heteroatoms. The summed E-state index contributed by atoms with van der Waals surface area (Å²) in [6.07, 6.45) is 13.6. The molecule has 4 amide bonds. The van der Waals surface area contributed by atoms with Crippen LogP contribution in [0.4, 0.5) is 11.4 Å². The standard InChI is InChI=1S/C35H38N8O4/c1-40-20-28(36-22-40)19-32(44)42-17-3-5-30(42)33(45)38-26-13-9-24(10-14-26)7-8-25-11-15-27(16-12-25)39-34(46)31-6-4-18-43(31)35(47)29-21-41(2)23-37-29/h7-16,20-23,30-31H,3-6,17-19H2,1-2H3,(H,38,45)(H,39,46)/b8-7+/t30-,31-/m0/s1. The fraction of sp³-hybridized carbons (Fsp3) is 0.314. The molecule has 2 aliphatic rings. The monoisotopic (exact) mass is 634 g/mol. The van der Waals surface area contributed by atoms with Crippen molar-refractivity contribution < 1.29 is 19.2 Å². The van der Waals surface area contributed by atoms with Crippen LogP contribution >= 0.6 is 0 Å². The maximum absolute atomic E-state index is 13.1. The van der Waals surface area contributed by atoms with Crippen LogP contribution in [0.25, 0.3) is 12.2 Å². The van der Waals surface area contributed by atoms with Gasteiger partial charge in [0, 0.05) is 51.0 Å². The van der Waals surface area contributed by atoms with Gasteiger partial charge < -0.3 is 29.6 Å². The number of carbonyl (C=O) groups is 4. The highest BCUT2D eigenvalue weighted by molar-refractivity contribution is 6.01. The molecule has 2 N–H and O–H groups in total. The number of carbonyl (C=O) groups excluding carboxylic acids is 4. The van der Waals surface area contributed by atoms with E-state index in [1.165, 1.54) is 0 Å². The lowest BCUT2D eigenvalue weighted by atomic mass is 10.1. The van der Waals surface area contributed by atoms with E-state index in [2.05, 4.69) is 20.6 Å². The number of nitrogens with one attached hydrogen (secondary N) is 2. The van der Waals surface area contributed by atoms with Gasteiger partial charge in [0.1, 0.15) is 17.8 Å². The second-order valence-corrected chi connectivity index (χ2v) is 12.1. The molecular weight excluding hydrogens is 596 g/mol. The van der Waals surface area contributed by atoms with Gasteiger partial charge in [-0.05, 0) is 61.1 Å². The third-order valence-corrected chi connectivity index (χ3v) is 8.53. The third-order valence-electron chi connectivity index (χ3n) is 8.53. The van der Waals surface area contributed by atoms with Gasteiger partial charge in [0.05, 0.1) is 24.8 Å². The first-order valence-electron chi connectivity index (χ1n) is 15.8. The topological polar surface area (TPSA) is 134 Å². The summed E-state index contributed by atoms with van der Waals surface area (Å²) in [5, 5.41) is 5.91. The predicted octanol–water partition coefficient (Wildman–Crippen LogP) is 3.74. The normalized spacial score (nSPS) is 17.7. The Hall–Kier alpha value is -5.52. The van der Waals surface area contributed by atoms with Gasteiger partial charge in [-0.15, -0.1) is 0 Å². The van der Waals surface area contributed by atoms with Crippen molar-refractivity contribution >= 4 is 47.2 Å². The van der Waals surface area contributed by atoms with Gasteiger partial charge >= 0.3 is 0 Å². The highest BCUT2D eigenvalue weighted by atomic mass is 16.2. The largest absolute Gasteiger partial charge is 0.340 e. The first-order chi connectivity index (χ1) is 22.7. The highest BCUT2D eigenvalue weighted by Crippen LogP contribution is 2.23. The molecule has 242 valence electrons. The van der Waals surface area contributed by atoms with Gasteiger partial charge in [-0.3, -0.25) is 19.2 Å². The summed E-state index contributed by atoms with van der Waals surface area (Å²) in [6, 6.07) is 14.0. The molecule has 12 nitrogen and oxygen atoms in total. The molecule has 6 rings (SSSR count). The number of likely N-dealkylation sites (tertiary alicyclic amines) is 2. The second kappa shape index (κ2) is 13.9. The quantitative estimate of drug-likeness (QED) is 0.270. The Morgan fingerprint density at radius 1 is 0.723 bits per heavy atom.